The summed E-state index contributed by atoms with van der Waals surface area (Å²) < 4.78 is 10.6. The first-order chi connectivity index (χ1) is 10.5. The van der Waals surface area contributed by atoms with Crippen LogP contribution in [0, 0.1) is 6.92 Å². The zero-order chi connectivity index (χ0) is 16.1. The van der Waals surface area contributed by atoms with Crippen molar-refractivity contribution in [3.05, 3.63) is 59.2 Å². The van der Waals surface area contributed by atoms with E-state index in [-0.39, 0.29) is 11.5 Å². The summed E-state index contributed by atoms with van der Waals surface area (Å²) in [5, 5.41) is 9.24. The number of hydrogen-bond donors (Lipinski definition) is 1. The van der Waals surface area contributed by atoms with Crippen molar-refractivity contribution < 1.29 is 19.4 Å². The maximum absolute atomic E-state index is 12.1. The molecule has 0 amide bonds. The lowest BCUT2D eigenvalue weighted by Crippen LogP contribution is -1.95. The Hall–Kier alpha value is -2.75. The van der Waals surface area contributed by atoms with Gasteiger partial charge in [-0.05, 0) is 55.0 Å². The van der Waals surface area contributed by atoms with Gasteiger partial charge in [0.25, 0.3) is 0 Å². The lowest BCUT2D eigenvalue weighted by Gasteiger charge is -2.10. The van der Waals surface area contributed by atoms with Crippen molar-refractivity contribution in [1.82, 2.24) is 0 Å². The number of phenolic OH excluding ortho intramolecular Hbond substituents is 1. The van der Waals surface area contributed by atoms with Crippen LogP contribution < -0.4 is 9.47 Å². The quantitative estimate of drug-likeness (QED) is 0.676. The highest BCUT2D eigenvalue weighted by molar-refractivity contribution is 6.07. The molecule has 2 aromatic rings. The molecule has 0 heterocycles. The lowest BCUT2D eigenvalue weighted by atomic mass is 10.1. The summed E-state index contributed by atoms with van der Waals surface area (Å²) in [6.07, 6.45) is 3.19. The molecule has 114 valence electrons. The van der Waals surface area contributed by atoms with Crippen LogP contribution in [-0.4, -0.2) is 25.1 Å². The van der Waals surface area contributed by atoms with Crippen LogP contribution in [-0.2, 0) is 0 Å². The minimum Gasteiger partial charge on any atom is -0.508 e. The number of hydrogen-bond acceptors (Lipinski definition) is 4. The first kappa shape index (κ1) is 15.6. The van der Waals surface area contributed by atoms with E-state index >= 15 is 0 Å². The first-order valence-corrected chi connectivity index (χ1v) is 6.79. The van der Waals surface area contributed by atoms with Gasteiger partial charge in [-0.15, -0.1) is 0 Å². The monoisotopic (exact) mass is 298 g/mol. The molecule has 0 saturated heterocycles. The zero-order valence-electron chi connectivity index (χ0n) is 12.8. The van der Waals surface area contributed by atoms with Crippen LogP contribution in [0.15, 0.2) is 42.5 Å². The molecule has 1 N–H and O–H groups in total. The number of ketones is 1. The number of aryl methyl sites for hydroxylation is 1. The molecule has 2 rings (SSSR count). The summed E-state index contributed by atoms with van der Waals surface area (Å²) in [5.74, 6) is 1.36. The SMILES string of the molecule is COc1cc(OC)c(/C=C/C(=O)c2ccc(O)cc2)cc1C. The summed E-state index contributed by atoms with van der Waals surface area (Å²) >= 11 is 0. The Bertz CT molecular complexity index is 700. The minimum atomic E-state index is -0.143. The molecule has 0 bridgehead atoms. The van der Waals surface area contributed by atoms with Gasteiger partial charge in [0.1, 0.15) is 17.2 Å². The maximum Gasteiger partial charge on any atom is 0.185 e. The van der Waals surface area contributed by atoms with Gasteiger partial charge in [0.15, 0.2) is 5.78 Å². The number of ether oxygens (including phenoxy) is 2. The zero-order valence-corrected chi connectivity index (χ0v) is 12.8. The second-order valence-corrected chi connectivity index (χ2v) is 4.81. The van der Waals surface area contributed by atoms with E-state index in [1.165, 1.54) is 18.2 Å². The van der Waals surface area contributed by atoms with E-state index in [4.69, 9.17) is 9.47 Å². The Labute approximate surface area is 129 Å². The van der Waals surface area contributed by atoms with Crippen LogP contribution in [0.1, 0.15) is 21.5 Å². The van der Waals surface area contributed by atoms with Crippen LogP contribution in [0.2, 0.25) is 0 Å². The summed E-state index contributed by atoms with van der Waals surface area (Å²) in [5.41, 5.74) is 2.27. The average Bonchev–Trinajstić information content (AvgIpc) is 2.53. The van der Waals surface area contributed by atoms with E-state index in [0.29, 0.717) is 11.3 Å². The van der Waals surface area contributed by atoms with Crippen molar-refractivity contribution in [3.8, 4) is 17.2 Å². The highest BCUT2D eigenvalue weighted by atomic mass is 16.5. The number of carbonyl (C=O) groups excluding carboxylic acids is 1. The third-order valence-corrected chi connectivity index (χ3v) is 3.31. The lowest BCUT2D eigenvalue weighted by molar-refractivity contribution is 0.104. The van der Waals surface area contributed by atoms with Crippen LogP contribution in [0.25, 0.3) is 6.08 Å². The Morgan fingerprint density at radius 3 is 2.27 bits per heavy atom. The van der Waals surface area contributed by atoms with Crippen molar-refractivity contribution in [1.29, 1.82) is 0 Å². The third kappa shape index (κ3) is 3.47. The second kappa shape index (κ2) is 6.80. The normalized spacial score (nSPS) is 10.7. The molecule has 0 saturated carbocycles. The molecule has 0 unspecified atom stereocenters. The number of benzene rings is 2. The standard InChI is InChI=1S/C18H18O4/c1-12-10-14(18(22-3)11-17(12)21-2)6-9-16(20)13-4-7-15(19)8-5-13/h4-11,19H,1-3H3/b9-6+. The number of methoxy groups -OCH3 is 2. The van der Waals surface area contributed by atoms with Gasteiger partial charge in [0.05, 0.1) is 14.2 Å². The van der Waals surface area contributed by atoms with E-state index < -0.39 is 0 Å². The molecule has 0 aromatic heterocycles. The Morgan fingerprint density at radius 2 is 1.68 bits per heavy atom. The summed E-state index contributed by atoms with van der Waals surface area (Å²) in [6.45, 7) is 1.93. The van der Waals surface area contributed by atoms with Crippen molar-refractivity contribution >= 4 is 11.9 Å². The van der Waals surface area contributed by atoms with Gasteiger partial charge in [-0.3, -0.25) is 4.79 Å². The number of allylic oxidation sites excluding steroid dienone is 1. The van der Waals surface area contributed by atoms with Crippen LogP contribution >= 0.6 is 0 Å². The van der Waals surface area contributed by atoms with Gasteiger partial charge in [-0.1, -0.05) is 0 Å². The van der Waals surface area contributed by atoms with E-state index in [0.717, 1.165) is 16.9 Å². The van der Waals surface area contributed by atoms with Crippen LogP contribution in [0.5, 0.6) is 17.2 Å². The number of phenols is 1. The molecule has 0 aliphatic rings. The van der Waals surface area contributed by atoms with Gasteiger partial charge in [0, 0.05) is 17.2 Å². The summed E-state index contributed by atoms with van der Waals surface area (Å²) in [4.78, 5) is 12.1. The third-order valence-electron chi connectivity index (χ3n) is 3.31. The number of rotatable bonds is 5. The largest absolute Gasteiger partial charge is 0.508 e. The van der Waals surface area contributed by atoms with Crippen LogP contribution in [0.3, 0.4) is 0 Å². The van der Waals surface area contributed by atoms with Crippen LogP contribution in [0.4, 0.5) is 0 Å². The molecule has 0 spiro atoms. The second-order valence-electron chi connectivity index (χ2n) is 4.81. The molecule has 0 aliphatic heterocycles. The van der Waals surface area contributed by atoms with E-state index in [1.807, 2.05) is 13.0 Å². The van der Waals surface area contributed by atoms with Crippen molar-refractivity contribution in [2.75, 3.05) is 14.2 Å². The van der Waals surface area contributed by atoms with E-state index in [9.17, 15) is 9.90 Å². The minimum absolute atomic E-state index is 0.132. The number of aromatic hydroxyl groups is 1. The molecule has 0 fully saturated rings. The molecule has 4 nitrogen and oxygen atoms in total. The Morgan fingerprint density at radius 1 is 1.05 bits per heavy atom. The molecule has 22 heavy (non-hydrogen) atoms. The topological polar surface area (TPSA) is 55.8 Å². The molecule has 0 radical (unpaired) electrons. The molecule has 2 aromatic carbocycles. The van der Waals surface area contributed by atoms with Crippen molar-refractivity contribution in [2.24, 2.45) is 0 Å². The van der Waals surface area contributed by atoms with E-state index in [2.05, 4.69) is 0 Å². The van der Waals surface area contributed by atoms with Gasteiger partial charge >= 0.3 is 0 Å². The molecular weight excluding hydrogens is 280 g/mol. The Kier molecular flexibility index (Phi) is 4.84. The fraction of sp³-hybridized carbons (Fsp3) is 0.167. The molecule has 0 atom stereocenters. The highest BCUT2D eigenvalue weighted by Crippen LogP contribution is 2.29. The maximum atomic E-state index is 12.1. The first-order valence-electron chi connectivity index (χ1n) is 6.79. The predicted molar refractivity (Wildman–Crippen MR) is 85.8 cm³/mol. The smallest absolute Gasteiger partial charge is 0.185 e. The van der Waals surface area contributed by atoms with E-state index in [1.54, 1.807) is 38.5 Å². The summed E-state index contributed by atoms with van der Waals surface area (Å²) in [7, 11) is 3.18. The van der Waals surface area contributed by atoms with Gasteiger partial charge < -0.3 is 14.6 Å². The van der Waals surface area contributed by atoms with Crippen molar-refractivity contribution in [2.45, 2.75) is 6.92 Å². The fourth-order valence-electron chi connectivity index (χ4n) is 2.11. The van der Waals surface area contributed by atoms with Gasteiger partial charge in [-0.2, -0.15) is 0 Å². The summed E-state index contributed by atoms with van der Waals surface area (Å²) in [6, 6.07) is 9.83. The molecule has 0 aliphatic carbocycles. The Balaban J connectivity index is 2.27. The van der Waals surface area contributed by atoms with Gasteiger partial charge in [0.2, 0.25) is 0 Å². The average molecular weight is 298 g/mol. The molecule has 4 heteroatoms. The highest BCUT2D eigenvalue weighted by Gasteiger charge is 2.07. The predicted octanol–water partition coefficient (Wildman–Crippen LogP) is 3.61. The number of carbonyl (C=O) groups is 1. The fourth-order valence-corrected chi connectivity index (χ4v) is 2.11. The van der Waals surface area contributed by atoms with Crippen molar-refractivity contribution in [3.63, 3.8) is 0 Å². The van der Waals surface area contributed by atoms with Gasteiger partial charge in [-0.25, -0.2) is 0 Å². The molecular formula is C18H18O4.